The Labute approximate surface area is 87.6 Å². The van der Waals surface area contributed by atoms with Gasteiger partial charge in [0.25, 0.3) is 0 Å². The lowest BCUT2D eigenvalue weighted by atomic mass is 9.83. The van der Waals surface area contributed by atoms with E-state index < -0.39 is 0 Å². The lowest BCUT2D eigenvalue weighted by Gasteiger charge is -2.25. The van der Waals surface area contributed by atoms with Gasteiger partial charge in [-0.15, -0.1) is 0 Å². The van der Waals surface area contributed by atoms with Gasteiger partial charge in [-0.1, -0.05) is 19.3 Å². The standard InChI is InChI=1S/C12H24N2/c13-12(11-4-5-11)7-9-14-8-6-10-2-1-3-10/h10-12,14H,1-9,13H2. The van der Waals surface area contributed by atoms with Crippen LogP contribution in [-0.2, 0) is 0 Å². The van der Waals surface area contributed by atoms with Gasteiger partial charge in [0.1, 0.15) is 0 Å². The second kappa shape index (κ2) is 5.13. The van der Waals surface area contributed by atoms with Crippen molar-refractivity contribution in [3.05, 3.63) is 0 Å². The fraction of sp³-hybridized carbons (Fsp3) is 1.00. The zero-order valence-electron chi connectivity index (χ0n) is 9.17. The van der Waals surface area contributed by atoms with E-state index >= 15 is 0 Å². The van der Waals surface area contributed by atoms with Gasteiger partial charge in [-0.2, -0.15) is 0 Å². The zero-order chi connectivity index (χ0) is 9.80. The Bertz CT molecular complexity index is 162. The summed E-state index contributed by atoms with van der Waals surface area (Å²) in [5, 5.41) is 3.52. The van der Waals surface area contributed by atoms with Gasteiger partial charge in [-0.05, 0) is 50.6 Å². The molecule has 0 bridgehead atoms. The molecule has 0 aromatic carbocycles. The molecule has 0 aromatic heterocycles. The predicted octanol–water partition coefficient (Wildman–Crippen LogP) is 1.89. The molecule has 14 heavy (non-hydrogen) atoms. The van der Waals surface area contributed by atoms with Gasteiger partial charge in [0.05, 0.1) is 0 Å². The highest BCUT2D eigenvalue weighted by molar-refractivity contribution is 4.84. The van der Waals surface area contributed by atoms with Crippen molar-refractivity contribution in [1.82, 2.24) is 5.32 Å². The maximum atomic E-state index is 6.02. The summed E-state index contributed by atoms with van der Waals surface area (Å²) in [5.74, 6) is 1.91. The molecule has 0 saturated heterocycles. The number of hydrogen-bond donors (Lipinski definition) is 2. The quantitative estimate of drug-likeness (QED) is 0.610. The molecular formula is C12H24N2. The van der Waals surface area contributed by atoms with Crippen molar-refractivity contribution in [1.29, 1.82) is 0 Å². The van der Waals surface area contributed by atoms with Crippen LogP contribution in [0.4, 0.5) is 0 Å². The molecule has 3 N–H and O–H groups in total. The fourth-order valence-electron chi connectivity index (χ4n) is 2.24. The van der Waals surface area contributed by atoms with Crippen LogP contribution in [0, 0.1) is 11.8 Å². The summed E-state index contributed by atoms with van der Waals surface area (Å²) in [5.41, 5.74) is 6.02. The fourth-order valence-corrected chi connectivity index (χ4v) is 2.24. The van der Waals surface area contributed by atoms with Crippen molar-refractivity contribution >= 4 is 0 Å². The second-order valence-corrected chi connectivity index (χ2v) is 5.13. The van der Waals surface area contributed by atoms with Crippen LogP contribution in [0.1, 0.15) is 44.9 Å². The number of rotatable bonds is 7. The highest BCUT2D eigenvalue weighted by Gasteiger charge is 2.27. The first kappa shape index (κ1) is 10.4. The SMILES string of the molecule is NC(CCNCCC1CCC1)C1CC1. The predicted molar refractivity (Wildman–Crippen MR) is 60.1 cm³/mol. The highest BCUT2D eigenvalue weighted by Crippen LogP contribution is 2.32. The van der Waals surface area contributed by atoms with Crippen LogP contribution in [0.5, 0.6) is 0 Å². The minimum atomic E-state index is 0.478. The van der Waals surface area contributed by atoms with E-state index in [4.69, 9.17) is 5.73 Å². The van der Waals surface area contributed by atoms with E-state index in [1.807, 2.05) is 0 Å². The first-order valence-electron chi connectivity index (χ1n) is 6.32. The highest BCUT2D eigenvalue weighted by atomic mass is 14.9. The summed E-state index contributed by atoms with van der Waals surface area (Å²) in [4.78, 5) is 0. The molecule has 2 saturated carbocycles. The van der Waals surface area contributed by atoms with E-state index in [1.54, 1.807) is 0 Å². The first-order valence-corrected chi connectivity index (χ1v) is 6.32. The van der Waals surface area contributed by atoms with Crippen LogP contribution < -0.4 is 11.1 Å². The van der Waals surface area contributed by atoms with Crippen LogP contribution in [-0.4, -0.2) is 19.1 Å². The van der Waals surface area contributed by atoms with Gasteiger partial charge in [0, 0.05) is 6.04 Å². The largest absolute Gasteiger partial charge is 0.327 e. The summed E-state index contributed by atoms with van der Waals surface area (Å²) in [6, 6.07) is 0.478. The molecule has 2 fully saturated rings. The van der Waals surface area contributed by atoms with Crippen molar-refractivity contribution in [3.8, 4) is 0 Å². The summed E-state index contributed by atoms with van der Waals surface area (Å²) >= 11 is 0. The molecule has 2 rings (SSSR count). The van der Waals surface area contributed by atoms with E-state index in [9.17, 15) is 0 Å². The molecule has 82 valence electrons. The molecule has 2 aliphatic rings. The Morgan fingerprint density at radius 1 is 1.14 bits per heavy atom. The Kier molecular flexibility index (Phi) is 3.82. The van der Waals surface area contributed by atoms with Crippen LogP contribution >= 0.6 is 0 Å². The molecule has 0 radical (unpaired) electrons. The van der Waals surface area contributed by atoms with Crippen molar-refractivity contribution in [2.45, 2.75) is 51.0 Å². The Morgan fingerprint density at radius 2 is 1.93 bits per heavy atom. The topological polar surface area (TPSA) is 38.0 Å². The Balaban J connectivity index is 1.38. The Hall–Kier alpha value is -0.0800. The van der Waals surface area contributed by atoms with Crippen LogP contribution in [0.15, 0.2) is 0 Å². The van der Waals surface area contributed by atoms with Crippen LogP contribution in [0.25, 0.3) is 0 Å². The summed E-state index contributed by atoms with van der Waals surface area (Å²) in [7, 11) is 0. The van der Waals surface area contributed by atoms with Crippen LogP contribution in [0.2, 0.25) is 0 Å². The van der Waals surface area contributed by atoms with Crippen molar-refractivity contribution in [2.75, 3.05) is 13.1 Å². The van der Waals surface area contributed by atoms with E-state index in [1.165, 1.54) is 51.5 Å². The minimum Gasteiger partial charge on any atom is -0.327 e. The monoisotopic (exact) mass is 196 g/mol. The average Bonchev–Trinajstić information content (AvgIpc) is 2.90. The lowest BCUT2D eigenvalue weighted by Crippen LogP contribution is -2.29. The molecule has 2 heteroatoms. The van der Waals surface area contributed by atoms with Gasteiger partial charge in [0.15, 0.2) is 0 Å². The Morgan fingerprint density at radius 3 is 2.50 bits per heavy atom. The molecule has 0 aliphatic heterocycles. The molecule has 2 nitrogen and oxygen atoms in total. The molecular weight excluding hydrogens is 172 g/mol. The average molecular weight is 196 g/mol. The van der Waals surface area contributed by atoms with E-state index in [2.05, 4.69) is 5.32 Å². The van der Waals surface area contributed by atoms with E-state index in [0.717, 1.165) is 18.4 Å². The smallest absolute Gasteiger partial charge is 0.00792 e. The number of hydrogen-bond acceptors (Lipinski definition) is 2. The molecule has 1 unspecified atom stereocenters. The lowest BCUT2D eigenvalue weighted by molar-refractivity contribution is 0.291. The molecule has 0 spiro atoms. The molecule has 0 amide bonds. The summed E-state index contributed by atoms with van der Waals surface area (Å²) in [6.45, 7) is 2.34. The first-order chi connectivity index (χ1) is 6.86. The maximum absolute atomic E-state index is 6.02. The van der Waals surface area contributed by atoms with Gasteiger partial charge >= 0.3 is 0 Å². The van der Waals surface area contributed by atoms with Gasteiger partial charge in [0.2, 0.25) is 0 Å². The van der Waals surface area contributed by atoms with Crippen molar-refractivity contribution in [3.63, 3.8) is 0 Å². The third kappa shape index (κ3) is 3.25. The van der Waals surface area contributed by atoms with Crippen molar-refractivity contribution < 1.29 is 0 Å². The van der Waals surface area contributed by atoms with Crippen LogP contribution in [0.3, 0.4) is 0 Å². The van der Waals surface area contributed by atoms with Gasteiger partial charge < -0.3 is 11.1 Å². The summed E-state index contributed by atoms with van der Waals surface area (Å²) in [6.07, 6.45) is 9.74. The molecule has 1 atom stereocenters. The van der Waals surface area contributed by atoms with Crippen molar-refractivity contribution in [2.24, 2.45) is 17.6 Å². The maximum Gasteiger partial charge on any atom is 0.00792 e. The third-order valence-electron chi connectivity index (χ3n) is 3.84. The van der Waals surface area contributed by atoms with Gasteiger partial charge in [-0.3, -0.25) is 0 Å². The van der Waals surface area contributed by atoms with E-state index in [0.29, 0.717) is 6.04 Å². The number of nitrogens with one attached hydrogen (secondary N) is 1. The molecule has 0 heterocycles. The second-order valence-electron chi connectivity index (χ2n) is 5.13. The third-order valence-corrected chi connectivity index (χ3v) is 3.84. The van der Waals surface area contributed by atoms with E-state index in [-0.39, 0.29) is 0 Å². The van der Waals surface area contributed by atoms with Gasteiger partial charge in [-0.25, -0.2) is 0 Å². The molecule has 0 aromatic rings. The minimum absolute atomic E-state index is 0.478. The summed E-state index contributed by atoms with van der Waals surface area (Å²) < 4.78 is 0. The number of nitrogens with two attached hydrogens (primary N) is 1. The zero-order valence-corrected chi connectivity index (χ0v) is 9.17. The normalized spacial score (nSPS) is 24.6. The molecule has 2 aliphatic carbocycles.